The van der Waals surface area contributed by atoms with Crippen molar-refractivity contribution in [1.82, 2.24) is 0 Å². The predicted molar refractivity (Wildman–Crippen MR) is 48.4 cm³/mol. The van der Waals surface area contributed by atoms with Crippen LogP contribution in [0.25, 0.3) is 0 Å². The second-order valence-electron chi connectivity index (χ2n) is 3.52. The van der Waals surface area contributed by atoms with E-state index < -0.39 is 11.6 Å². The van der Waals surface area contributed by atoms with Crippen LogP contribution in [0.4, 0.5) is 0 Å². The number of aromatic hydroxyl groups is 1. The van der Waals surface area contributed by atoms with Gasteiger partial charge in [-0.1, -0.05) is 6.07 Å². The lowest BCUT2D eigenvalue weighted by atomic mass is 10.0. The first-order valence-electron chi connectivity index (χ1n) is 4.22. The quantitative estimate of drug-likeness (QED) is 0.646. The standard InChI is InChI=1S/C10H10O4/c1-5-3-4-6(11)8-7(5)9(12)10(2,13)14-8/h3-4,11,13H,1-2H3/t10-/m0/s1. The minimum absolute atomic E-state index is 0.0694. The van der Waals surface area contributed by atoms with Gasteiger partial charge in [0.05, 0.1) is 5.56 Å². The van der Waals surface area contributed by atoms with Crippen LogP contribution in [-0.4, -0.2) is 21.8 Å². The lowest BCUT2D eigenvalue weighted by Gasteiger charge is -2.13. The summed E-state index contributed by atoms with van der Waals surface area (Å²) in [6.45, 7) is 2.98. The number of phenols is 1. The van der Waals surface area contributed by atoms with E-state index in [0.717, 1.165) is 0 Å². The van der Waals surface area contributed by atoms with Gasteiger partial charge in [0.15, 0.2) is 11.5 Å². The van der Waals surface area contributed by atoms with Crippen molar-refractivity contribution in [3.8, 4) is 11.5 Å². The molecule has 4 nitrogen and oxygen atoms in total. The summed E-state index contributed by atoms with van der Waals surface area (Å²) in [5.74, 6) is -2.43. The SMILES string of the molecule is Cc1ccc(O)c2c1C(=O)[C@@](C)(O)O2. The Morgan fingerprint density at radius 1 is 1.43 bits per heavy atom. The van der Waals surface area contributed by atoms with E-state index in [1.807, 2.05) is 0 Å². The van der Waals surface area contributed by atoms with Crippen LogP contribution < -0.4 is 4.74 Å². The van der Waals surface area contributed by atoms with Crippen molar-refractivity contribution < 1.29 is 19.7 Å². The molecule has 0 aromatic heterocycles. The molecule has 0 amide bonds. The van der Waals surface area contributed by atoms with Crippen molar-refractivity contribution in [3.63, 3.8) is 0 Å². The topological polar surface area (TPSA) is 66.8 Å². The van der Waals surface area contributed by atoms with Crippen LogP contribution in [0.2, 0.25) is 0 Å². The smallest absolute Gasteiger partial charge is 0.270 e. The Hall–Kier alpha value is -1.55. The highest BCUT2D eigenvalue weighted by Crippen LogP contribution is 2.41. The largest absolute Gasteiger partial charge is 0.504 e. The third-order valence-electron chi connectivity index (χ3n) is 2.29. The molecule has 0 fully saturated rings. The molecule has 1 atom stereocenters. The third kappa shape index (κ3) is 1.01. The van der Waals surface area contributed by atoms with Gasteiger partial charge < -0.3 is 14.9 Å². The van der Waals surface area contributed by atoms with Crippen LogP contribution in [-0.2, 0) is 0 Å². The Morgan fingerprint density at radius 2 is 2.07 bits per heavy atom. The van der Waals surface area contributed by atoms with Gasteiger partial charge in [0.1, 0.15) is 0 Å². The number of phenolic OH excluding ortho intramolecular Hbond substituents is 1. The summed E-state index contributed by atoms with van der Waals surface area (Å²) >= 11 is 0. The Labute approximate surface area is 80.7 Å². The molecule has 0 saturated heterocycles. The second-order valence-corrected chi connectivity index (χ2v) is 3.52. The number of benzene rings is 1. The van der Waals surface area contributed by atoms with Gasteiger partial charge in [-0.05, 0) is 18.6 Å². The fraction of sp³-hybridized carbons (Fsp3) is 0.300. The van der Waals surface area contributed by atoms with E-state index in [4.69, 9.17) is 4.74 Å². The summed E-state index contributed by atoms with van der Waals surface area (Å²) in [5, 5.41) is 19.0. The van der Waals surface area contributed by atoms with Crippen LogP contribution in [0.3, 0.4) is 0 Å². The molecule has 2 N–H and O–H groups in total. The molecule has 0 spiro atoms. The van der Waals surface area contributed by atoms with Gasteiger partial charge in [-0.2, -0.15) is 0 Å². The number of ketones is 1. The molecule has 1 heterocycles. The normalized spacial score (nSPS) is 24.6. The van der Waals surface area contributed by atoms with Crippen molar-refractivity contribution in [1.29, 1.82) is 0 Å². The summed E-state index contributed by atoms with van der Waals surface area (Å²) in [4.78, 5) is 11.6. The molecule has 0 unspecified atom stereocenters. The van der Waals surface area contributed by atoms with Gasteiger partial charge >= 0.3 is 0 Å². The minimum atomic E-state index is -1.86. The van der Waals surface area contributed by atoms with Gasteiger partial charge in [-0.15, -0.1) is 0 Å². The Morgan fingerprint density at radius 3 is 2.64 bits per heavy atom. The van der Waals surface area contributed by atoms with Gasteiger partial charge in [-0.3, -0.25) is 4.79 Å². The maximum absolute atomic E-state index is 11.6. The molecule has 0 aliphatic carbocycles. The number of hydrogen-bond donors (Lipinski definition) is 2. The number of hydrogen-bond acceptors (Lipinski definition) is 4. The third-order valence-corrected chi connectivity index (χ3v) is 2.29. The second kappa shape index (κ2) is 2.48. The van der Waals surface area contributed by atoms with E-state index in [1.54, 1.807) is 13.0 Å². The van der Waals surface area contributed by atoms with E-state index in [2.05, 4.69) is 0 Å². The van der Waals surface area contributed by atoms with Crippen molar-refractivity contribution in [2.45, 2.75) is 19.6 Å². The molecular weight excluding hydrogens is 184 g/mol. The summed E-state index contributed by atoms with van der Waals surface area (Å²) in [6, 6.07) is 3.04. The summed E-state index contributed by atoms with van der Waals surface area (Å²) in [6.07, 6.45) is 0. The summed E-state index contributed by atoms with van der Waals surface area (Å²) in [7, 11) is 0. The molecular formula is C10H10O4. The fourth-order valence-corrected chi connectivity index (χ4v) is 1.53. The summed E-state index contributed by atoms with van der Waals surface area (Å²) < 4.78 is 4.97. The first-order chi connectivity index (χ1) is 6.43. The van der Waals surface area contributed by atoms with Crippen molar-refractivity contribution in [2.75, 3.05) is 0 Å². The van der Waals surface area contributed by atoms with E-state index in [1.165, 1.54) is 13.0 Å². The molecule has 0 radical (unpaired) electrons. The number of rotatable bonds is 0. The zero-order valence-corrected chi connectivity index (χ0v) is 7.87. The number of aliphatic hydroxyl groups is 1. The lowest BCUT2D eigenvalue weighted by Crippen LogP contribution is -2.35. The molecule has 0 saturated carbocycles. The molecule has 1 aromatic carbocycles. The Balaban J connectivity index is 2.70. The Kier molecular flexibility index (Phi) is 1.60. The maximum Gasteiger partial charge on any atom is 0.270 e. The fourth-order valence-electron chi connectivity index (χ4n) is 1.53. The van der Waals surface area contributed by atoms with Crippen LogP contribution >= 0.6 is 0 Å². The van der Waals surface area contributed by atoms with Crippen molar-refractivity contribution in [3.05, 3.63) is 23.3 Å². The Bertz CT molecular complexity index is 420. The number of Topliss-reactive ketones (excluding diaryl/α,β-unsaturated/α-hetero) is 1. The van der Waals surface area contributed by atoms with Crippen LogP contribution in [0.1, 0.15) is 22.8 Å². The number of aryl methyl sites for hydroxylation is 1. The van der Waals surface area contributed by atoms with Gasteiger partial charge in [-0.25, -0.2) is 0 Å². The molecule has 4 heteroatoms. The highest BCUT2D eigenvalue weighted by molar-refractivity contribution is 6.07. The van der Waals surface area contributed by atoms with E-state index >= 15 is 0 Å². The first kappa shape index (κ1) is 9.02. The molecule has 0 bridgehead atoms. The molecule has 1 aliphatic heterocycles. The highest BCUT2D eigenvalue weighted by atomic mass is 16.6. The number of carbonyl (C=O) groups is 1. The molecule has 2 rings (SSSR count). The number of ether oxygens (including phenoxy) is 1. The average molecular weight is 194 g/mol. The highest BCUT2D eigenvalue weighted by Gasteiger charge is 2.44. The number of carbonyl (C=O) groups excluding carboxylic acids is 1. The zero-order valence-electron chi connectivity index (χ0n) is 7.87. The van der Waals surface area contributed by atoms with E-state index in [-0.39, 0.29) is 17.1 Å². The summed E-state index contributed by atoms with van der Waals surface area (Å²) in [5.41, 5.74) is 0.940. The van der Waals surface area contributed by atoms with Gasteiger partial charge in [0.25, 0.3) is 5.79 Å². The zero-order chi connectivity index (χ0) is 10.5. The van der Waals surface area contributed by atoms with Crippen molar-refractivity contribution in [2.24, 2.45) is 0 Å². The monoisotopic (exact) mass is 194 g/mol. The maximum atomic E-state index is 11.6. The molecule has 1 aliphatic rings. The number of fused-ring (bicyclic) bond motifs is 1. The molecule has 14 heavy (non-hydrogen) atoms. The van der Waals surface area contributed by atoms with Crippen LogP contribution in [0.15, 0.2) is 12.1 Å². The first-order valence-corrected chi connectivity index (χ1v) is 4.22. The average Bonchev–Trinajstić information content (AvgIpc) is 2.33. The predicted octanol–water partition coefficient (Wildman–Crippen LogP) is 0.984. The van der Waals surface area contributed by atoms with Crippen LogP contribution in [0.5, 0.6) is 11.5 Å². The van der Waals surface area contributed by atoms with E-state index in [0.29, 0.717) is 5.56 Å². The lowest BCUT2D eigenvalue weighted by molar-refractivity contribution is -0.0757. The molecule has 74 valence electrons. The van der Waals surface area contributed by atoms with Gasteiger partial charge in [0.2, 0.25) is 5.78 Å². The molecule has 1 aromatic rings. The minimum Gasteiger partial charge on any atom is -0.504 e. The van der Waals surface area contributed by atoms with E-state index in [9.17, 15) is 15.0 Å². The van der Waals surface area contributed by atoms with Crippen molar-refractivity contribution >= 4 is 5.78 Å². The van der Waals surface area contributed by atoms with Crippen LogP contribution in [0, 0.1) is 6.92 Å². The van der Waals surface area contributed by atoms with Gasteiger partial charge in [0, 0.05) is 6.92 Å².